The molecule has 0 saturated heterocycles. The molecule has 0 fully saturated rings. The summed E-state index contributed by atoms with van der Waals surface area (Å²) in [6.07, 6.45) is 0. The van der Waals surface area contributed by atoms with Crippen molar-refractivity contribution in [3.8, 4) is 0 Å². The first-order valence-corrected chi connectivity index (χ1v) is 5.18. The van der Waals surface area contributed by atoms with Crippen LogP contribution in [0.5, 0.6) is 0 Å². The van der Waals surface area contributed by atoms with E-state index >= 15 is 0 Å². The highest BCUT2D eigenvalue weighted by molar-refractivity contribution is 5.99. The first-order valence-electron chi connectivity index (χ1n) is 5.18. The van der Waals surface area contributed by atoms with E-state index in [0.717, 1.165) is 5.56 Å². The molecule has 0 bridgehead atoms. The molecule has 3 heteroatoms. The molecule has 0 aromatic heterocycles. The Morgan fingerprint density at radius 1 is 1.25 bits per heavy atom. The van der Waals surface area contributed by atoms with E-state index in [1.165, 1.54) is 0 Å². The highest BCUT2D eigenvalue weighted by atomic mass is 16.6. The van der Waals surface area contributed by atoms with Gasteiger partial charge < -0.3 is 10.1 Å². The summed E-state index contributed by atoms with van der Waals surface area (Å²) in [5.74, 6) is -0.351. The predicted molar refractivity (Wildman–Crippen MR) is 64.1 cm³/mol. The summed E-state index contributed by atoms with van der Waals surface area (Å²) in [6.45, 7) is 7.18. The number of hydrogen-bond donors (Lipinski definition) is 1. The van der Waals surface area contributed by atoms with Gasteiger partial charge in [-0.15, -0.1) is 0 Å². The quantitative estimate of drug-likeness (QED) is 0.614. The Kier molecular flexibility index (Phi) is 3.48. The normalized spacial score (nSPS) is 11.0. The average molecular weight is 219 g/mol. The average Bonchev–Trinajstić information content (AvgIpc) is 2.15. The SMILES string of the molecule is CC(=N)c1cccc(C(=O)OC(C)(C)C)c1. The van der Waals surface area contributed by atoms with Gasteiger partial charge in [-0.05, 0) is 45.4 Å². The summed E-state index contributed by atoms with van der Waals surface area (Å²) >= 11 is 0. The third-order valence-corrected chi connectivity index (χ3v) is 1.93. The summed E-state index contributed by atoms with van der Waals surface area (Å²) in [4.78, 5) is 11.7. The Hall–Kier alpha value is -1.64. The largest absolute Gasteiger partial charge is 0.456 e. The Balaban J connectivity index is 2.92. The molecule has 0 aliphatic rings. The molecule has 3 nitrogen and oxygen atoms in total. The first-order chi connectivity index (χ1) is 7.29. The minimum atomic E-state index is -0.493. The van der Waals surface area contributed by atoms with E-state index in [0.29, 0.717) is 11.3 Å². The molecule has 0 aliphatic carbocycles. The number of carbonyl (C=O) groups excluding carboxylic acids is 1. The van der Waals surface area contributed by atoms with E-state index < -0.39 is 5.60 Å². The number of nitrogens with one attached hydrogen (secondary N) is 1. The monoisotopic (exact) mass is 219 g/mol. The van der Waals surface area contributed by atoms with Crippen molar-refractivity contribution >= 4 is 11.7 Å². The molecule has 86 valence electrons. The Morgan fingerprint density at radius 3 is 2.31 bits per heavy atom. The summed E-state index contributed by atoms with van der Waals surface area (Å²) < 4.78 is 5.25. The van der Waals surface area contributed by atoms with Crippen molar-refractivity contribution in [3.05, 3.63) is 35.4 Å². The number of esters is 1. The van der Waals surface area contributed by atoms with Crippen LogP contribution < -0.4 is 0 Å². The van der Waals surface area contributed by atoms with E-state index in [2.05, 4.69) is 0 Å². The van der Waals surface area contributed by atoms with Gasteiger partial charge in [-0.25, -0.2) is 4.79 Å². The zero-order valence-electron chi connectivity index (χ0n) is 10.1. The van der Waals surface area contributed by atoms with Gasteiger partial charge in [-0.2, -0.15) is 0 Å². The van der Waals surface area contributed by atoms with E-state index in [1.54, 1.807) is 31.2 Å². The predicted octanol–water partition coefficient (Wildman–Crippen LogP) is 3.03. The Labute approximate surface area is 95.9 Å². The van der Waals surface area contributed by atoms with Crippen molar-refractivity contribution in [3.63, 3.8) is 0 Å². The highest BCUT2D eigenvalue weighted by Gasteiger charge is 2.17. The van der Waals surface area contributed by atoms with Gasteiger partial charge in [0.05, 0.1) is 5.56 Å². The van der Waals surface area contributed by atoms with Crippen LogP contribution >= 0.6 is 0 Å². The van der Waals surface area contributed by atoms with Crippen LogP contribution in [-0.2, 0) is 4.74 Å². The van der Waals surface area contributed by atoms with Gasteiger partial charge in [0.1, 0.15) is 5.60 Å². The second-order valence-electron chi connectivity index (χ2n) is 4.71. The van der Waals surface area contributed by atoms with E-state index in [4.69, 9.17) is 10.1 Å². The smallest absolute Gasteiger partial charge is 0.338 e. The van der Waals surface area contributed by atoms with Crippen LogP contribution in [0, 0.1) is 5.41 Å². The van der Waals surface area contributed by atoms with Gasteiger partial charge in [0, 0.05) is 5.71 Å². The maximum absolute atomic E-state index is 11.7. The van der Waals surface area contributed by atoms with Crippen molar-refractivity contribution < 1.29 is 9.53 Å². The van der Waals surface area contributed by atoms with E-state index in [-0.39, 0.29) is 5.97 Å². The lowest BCUT2D eigenvalue weighted by Crippen LogP contribution is -2.24. The lowest BCUT2D eigenvalue weighted by Gasteiger charge is -2.19. The highest BCUT2D eigenvalue weighted by Crippen LogP contribution is 2.13. The minimum Gasteiger partial charge on any atom is -0.456 e. The molecule has 0 atom stereocenters. The van der Waals surface area contributed by atoms with Crippen LogP contribution in [0.15, 0.2) is 24.3 Å². The summed E-state index contributed by atoms with van der Waals surface area (Å²) in [6, 6.07) is 6.93. The molecule has 1 aromatic rings. The van der Waals surface area contributed by atoms with Crippen LogP contribution in [0.3, 0.4) is 0 Å². The fourth-order valence-electron chi connectivity index (χ4n) is 1.22. The second kappa shape index (κ2) is 4.47. The molecule has 0 amide bonds. The third-order valence-electron chi connectivity index (χ3n) is 1.93. The summed E-state index contributed by atoms with van der Waals surface area (Å²) in [5, 5.41) is 7.50. The van der Waals surface area contributed by atoms with Crippen molar-refractivity contribution in [1.29, 1.82) is 5.41 Å². The second-order valence-corrected chi connectivity index (χ2v) is 4.71. The van der Waals surface area contributed by atoms with Gasteiger partial charge in [-0.3, -0.25) is 0 Å². The molecule has 0 heterocycles. The van der Waals surface area contributed by atoms with Crippen molar-refractivity contribution in [2.45, 2.75) is 33.3 Å². The molecule has 1 N–H and O–H groups in total. The molecule has 0 radical (unpaired) electrons. The van der Waals surface area contributed by atoms with Gasteiger partial charge in [0.15, 0.2) is 0 Å². The summed E-state index contributed by atoms with van der Waals surface area (Å²) in [7, 11) is 0. The standard InChI is InChI=1S/C13H17NO2/c1-9(14)10-6-5-7-11(8-10)12(15)16-13(2,3)4/h5-8,14H,1-4H3. The zero-order valence-corrected chi connectivity index (χ0v) is 10.1. The Morgan fingerprint density at radius 2 is 1.81 bits per heavy atom. The van der Waals surface area contributed by atoms with E-state index in [1.807, 2.05) is 20.8 Å². The number of hydrogen-bond acceptors (Lipinski definition) is 3. The van der Waals surface area contributed by atoms with Gasteiger partial charge >= 0.3 is 5.97 Å². The van der Waals surface area contributed by atoms with Gasteiger partial charge in [0.2, 0.25) is 0 Å². The lowest BCUT2D eigenvalue weighted by molar-refractivity contribution is 0.00695. The summed E-state index contributed by atoms with van der Waals surface area (Å²) in [5.41, 5.74) is 1.17. The maximum Gasteiger partial charge on any atom is 0.338 e. The molecule has 0 unspecified atom stereocenters. The number of rotatable bonds is 2. The fraction of sp³-hybridized carbons (Fsp3) is 0.385. The van der Waals surface area contributed by atoms with Crippen molar-refractivity contribution in [2.75, 3.05) is 0 Å². The van der Waals surface area contributed by atoms with Gasteiger partial charge in [0.25, 0.3) is 0 Å². The molecular weight excluding hydrogens is 202 g/mol. The zero-order chi connectivity index (χ0) is 12.3. The molecule has 16 heavy (non-hydrogen) atoms. The number of ether oxygens (including phenoxy) is 1. The molecular formula is C13H17NO2. The fourth-order valence-corrected chi connectivity index (χ4v) is 1.22. The van der Waals surface area contributed by atoms with Gasteiger partial charge in [-0.1, -0.05) is 12.1 Å². The minimum absolute atomic E-state index is 0.351. The lowest BCUT2D eigenvalue weighted by atomic mass is 10.1. The molecule has 1 aromatic carbocycles. The topological polar surface area (TPSA) is 50.2 Å². The molecule has 1 rings (SSSR count). The van der Waals surface area contributed by atoms with Crippen LogP contribution in [0.25, 0.3) is 0 Å². The first kappa shape index (κ1) is 12.4. The van der Waals surface area contributed by atoms with Crippen molar-refractivity contribution in [2.24, 2.45) is 0 Å². The van der Waals surface area contributed by atoms with Crippen LogP contribution in [0.4, 0.5) is 0 Å². The van der Waals surface area contributed by atoms with Crippen LogP contribution in [0.1, 0.15) is 43.6 Å². The van der Waals surface area contributed by atoms with Crippen LogP contribution in [-0.4, -0.2) is 17.3 Å². The third kappa shape index (κ3) is 3.50. The van der Waals surface area contributed by atoms with Crippen LogP contribution in [0.2, 0.25) is 0 Å². The Bertz CT molecular complexity index is 416. The molecule has 0 saturated carbocycles. The maximum atomic E-state index is 11.7. The molecule has 0 spiro atoms. The number of carbonyl (C=O) groups is 1. The van der Waals surface area contributed by atoms with Crippen molar-refractivity contribution in [1.82, 2.24) is 0 Å². The number of benzene rings is 1. The molecule has 0 aliphatic heterocycles. The van der Waals surface area contributed by atoms with E-state index in [9.17, 15) is 4.79 Å².